The molecule has 0 unspecified atom stereocenters. The Kier molecular flexibility index (Phi) is 4.42. The molecule has 0 aliphatic carbocycles. The standard InChI is InChI=1S/C16H13NO3/c18-11-13-3-8-15(9-4-13)14-6-1-12(2-7-14)5-10-16(19)17-20/h1-11,20H,(H,17,19)/b10-5+. The Morgan fingerprint density at radius 3 is 1.85 bits per heavy atom. The van der Waals surface area contributed by atoms with E-state index in [2.05, 4.69) is 0 Å². The van der Waals surface area contributed by atoms with Crippen molar-refractivity contribution in [2.24, 2.45) is 0 Å². The van der Waals surface area contributed by atoms with Gasteiger partial charge in [0.25, 0.3) is 5.91 Å². The first-order chi connectivity index (χ1) is 9.72. The molecule has 0 fully saturated rings. The van der Waals surface area contributed by atoms with Crippen molar-refractivity contribution in [3.8, 4) is 11.1 Å². The maximum atomic E-state index is 10.9. The molecule has 0 aliphatic heterocycles. The Bertz CT molecular complexity index is 628. The highest BCUT2D eigenvalue weighted by Crippen LogP contribution is 2.20. The monoisotopic (exact) mass is 267 g/mol. The van der Waals surface area contributed by atoms with Gasteiger partial charge < -0.3 is 0 Å². The Morgan fingerprint density at radius 1 is 0.900 bits per heavy atom. The Hall–Kier alpha value is -2.72. The Balaban J connectivity index is 2.16. The lowest BCUT2D eigenvalue weighted by molar-refractivity contribution is -0.124. The molecular formula is C16H13NO3. The molecule has 4 nitrogen and oxygen atoms in total. The molecule has 4 heteroatoms. The van der Waals surface area contributed by atoms with Gasteiger partial charge >= 0.3 is 0 Å². The summed E-state index contributed by atoms with van der Waals surface area (Å²) in [5.41, 5.74) is 5.05. The van der Waals surface area contributed by atoms with Crippen LogP contribution in [0.4, 0.5) is 0 Å². The van der Waals surface area contributed by atoms with E-state index in [1.54, 1.807) is 18.2 Å². The molecule has 100 valence electrons. The summed E-state index contributed by atoms with van der Waals surface area (Å²) >= 11 is 0. The summed E-state index contributed by atoms with van der Waals surface area (Å²) in [6.45, 7) is 0. The lowest BCUT2D eigenvalue weighted by Gasteiger charge is -2.02. The molecule has 2 N–H and O–H groups in total. The van der Waals surface area contributed by atoms with E-state index in [0.29, 0.717) is 5.56 Å². The summed E-state index contributed by atoms with van der Waals surface area (Å²) in [5.74, 6) is -0.571. The lowest BCUT2D eigenvalue weighted by Crippen LogP contribution is -2.14. The summed E-state index contributed by atoms with van der Waals surface area (Å²) in [4.78, 5) is 21.5. The molecule has 0 heterocycles. The largest absolute Gasteiger partial charge is 0.298 e. The minimum Gasteiger partial charge on any atom is -0.298 e. The Labute approximate surface area is 116 Å². The fourth-order valence-electron chi connectivity index (χ4n) is 1.75. The minimum atomic E-state index is -0.571. The quantitative estimate of drug-likeness (QED) is 0.387. The molecule has 0 radical (unpaired) electrons. The van der Waals surface area contributed by atoms with Crippen molar-refractivity contribution < 1.29 is 14.8 Å². The zero-order valence-corrected chi connectivity index (χ0v) is 10.6. The van der Waals surface area contributed by atoms with Gasteiger partial charge in [-0.15, -0.1) is 0 Å². The molecule has 2 aromatic carbocycles. The van der Waals surface area contributed by atoms with Crippen LogP contribution in [0, 0.1) is 0 Å². The maximum absolute atomic E-state index is 10.9. The van der Waals surface area contributed by atoms with E-state index in [-0.39, 0.29) is 0 Å². The molecule has 0 aromatic heterocycles. The molecule has 0 spiro atoms. The Morgan fingerprint density at radius 2 is 1.40 bits per heavy atom. The minimum absolute atomic E-state index is 0.571. The molecule has 0 saturated carbocycles. The van der Waals surface area contributed by atoms with Gasteiger partial charge in [0.1, 0.15) is 6.29 Å². The van der Waals surface area contributed by atoms with Crippen LogP contribution in [0.15, 0.2) is 54.6 Å². The second-order valence-electron chi connectivity index (χ2n) is 4.17. The van der Waals surface area contributed by atoms with E-state index >= 15 is 0 Å². The molecule has 2 aromatic rings. The van der Waals surface area contributed by atoms with Gasteiger partial charge in [0, 0.05) is 11.6 Å². The number of aldehydes is 1. The third-order valence-electron chi connectivity index (χ3n) is 2.83. The van der Waals surface area contributed by atoms with E-state index < -0.39 is 5.91 Å². The SMILES string of the molecule is O=Cc1ccc(-c2ccc(/C=C/C(=O)NO)cc2)cc1. The number of rotatable bonds is 4. The van der Waals surface area contributed by atoms with Crippen LogP contribution in [-0.2, 0) is 4.79 Å². The number of hydrogen-bond donors (Lipinski definition) is 2. The van der Waals surface area contributed by atoms with Gasteiger partial charge in [0.2, 0.25) is 0 Å². The second kappa shape index (κ2) is 6.45. The highest BCUT2D eigenvalue weighted by atomic mass is 16.5. The molecule has 0 aliphatic rings. The van der Waals surface area contributed by atoms with Gasteiger partial charge in [0.05, 0.1) is 0 Å². The van der Waals surface area contributed by atoms with Crippen molar-refractivity contribution in [3.05, 3.63) is 65.7 Å². The van der Waals surface area contributed by atoms with Gasteiger partial charge in [-0.3, -0.25) is 14.8 Å². The third kappa shape index (κ3) is 3.40. The van der Waals surface area contributed by atoms with E-state index in [0.717, 1.165) is 23.0 Å². The van der Waals surface area contributed by atoms with Gasteiger partial charge in [-0.1, -0.05) is 48.5 Å². The van der Waals surface area contributed by atoms with E-state index in [1.165, 1.54) is 11.6 Å². The average molecular weight is 267 g/mol. The van der Waals surface area contributed by atoms with Crippen molar-refractivity contribution >= 4 is 18.3 Å². The lowest BCUT2D eigenvalue weighted by atomic mass is 10.0. The number of carbonyl (C=O) groups is 2. The van der Waals surface area contributed by atoms with Crippen molar-refractivity contribution in [2.45, 2.75) is 0 Å². The molecule has 0 atom stereocenters. The maximum Gasteiger partial charge on any atom is 0.267 e. The van der Waals surface area contributed by atoms with E-state index in [1.807, 2.05) is 36.4 Å². The molecule has 20 heavy (non-hydrogen) atoms. The fraction of sp³-hybridized carbons (Fsp3) is 0. The normalized spacial score (nSPS) is 10.4. The number of hydroxylamine groups is 1. The first kappa shape index (κ1) is 13.7. The smallest absolute Gasteiger partial charge is 0.267 e. The topological polar surface area (TPSA) is 66.4 Å². The number of benzene rings is 2. The van der Waals surface area contributed by atoms with Gasteiger partial charge in [-0.25, -0.2) is 5.48 Å². The van der Waals surface area contributed by atoms with Crippen molar-refractivity contribution in [1.82, 2.24) is 5.48 Å². The van der Waals surface area contributed by atoms with E-state index in [9.17, 15) is 9.59 Å². The van der Waals surface area contributed by atoms with Gasteiger partial charge in [0.15, 0.2) is 0 Å². The molecule has 0 bridgehead atoms. The number of hydrogen-bond acceptors (Lipinski definition) is 3. The third-order valence-corrected chi connectivity index (χ3v) is 2.83. The van der Waals surface area contributed by atoms with Crippen LogP contribution in [0.1, 0.15) is 15.9 Å². The van der Waals surface area contributed by atoms with Crippen LogP contribution in [0.3, 0.4) is 0 Å². The predicted molar refractivity (Wildman–Crippen MR) is 76.2 cm³/mol. The van der Waals surface area contributed by atoms with Crippen molar-refractivity contribution in [1.29, 1.82) is 0 Å². The summed E-state index contributed by atoms with van der Waals surface area (Å²) in [6.07, 6.45) is 3.66. The average Bonchev–Trinajstić information content (AvgIpc) is 2.53. The highest BCUT2D eigenvalue weighted by Gasteiger charge is 1.98. The number of carbonyl (C=O) groups excluding carboxylic acids is 2. The van der Waals surface area contributed by atoms with Crippen LogP contribution in [0.2, 0.25) is 0 Å². The second-order valence-corrected chi connectivity index (χ2v) is 4.17. The zero-order valence-electron chi connectivity index (χ0n) is 10.6. The first-order valence-corrected chi connectivity index (χ1v) is 6.01. The van der Waals surface area contributed by atoms with Crippen molar-refractivity contribution in [2.75, 3.05) is 0 Å². The molecule has 0 saturated heterocycles. The van der Waals surface area contributed by atoms with Crippen LogP contribution >= 0.6 is 0 Å². The van der Waals surface area contributed by atoms with Gasteiger partial charge in [-0.2, -0.15) is 0 Å². The molecule has 1 amide bonds. The van der Waals surface area contributed by atoms with Gasteiger partial charge in [-0.05, 0) is 22.8 Å². The van der Waals surface area contributed by atoms with Crippen LogP contribution < -0.4 is 5.48 Å². The predicted octanol–water partition coefficient (Wildman–Crippen LogP) is 2.68. The fourth-order valence-corrected chi connectivity index (χ4v) is 1.75. The summed E-state index contributed by atoms with van der Waals surface area (Å²) in [6, 6.07) is 14.9. The van der Waals surface area contributed by atoms with Crippen molar-refractivity contribution in [3.63, 3.8) is 0 Å². The highest BCUT2D eigenvalue weighted by molar-refractivity contribution is 5.90. The van der Waals surface area contributed by atoms with Crippen LogP contribution in [0.5, 0.6) is 0 Å². The van der Waals surface area contributed by atoms with E-state index in [4.69, 9.17) is 5.21 Å². The molecular weight excluding hydrogens is 254 g/mol. The van der Waals surface area contributed by atoms with Crippen LogP contribution in [0.25, 0.3) is 17.2 Å². The zero-order chi connectivity index (χ0) is 14.4. The number of nitrogens with one attached hydrogen (secondary N) is 1. The first-order valence-electron chi connectivity index (χ1n) is 6.01. The van der Waals surface area contributed by atoms with Crippen LogP contribution in [-0.4, -0.2) is 17.4 Å². The molecule has 2 rings (SSSR count). The summed E-state index contributed by atoms with van der Waals surface area (Å²) in [7, 11) is 0. The summed E-state index contributed by atoms with van der Waals surface area (Å²) < 4.78 is 0. The summed E-state index contributed by atoms with van der Waals surface area (Å²) in [5, 5.41) is 8.37. The number of amides is 1.